The molecule has 0 radical (unpaired) electrons. The lowest BCUT2D eigenvalue weighted by molar-refractivity contribution is 0.411. The molecule has 0 aliphatic carbocycles. The monoisotopic (exact) mass is 340 g/mol. The van der Waals surface area contributed by atoms with Crippen molar-refractivity contribution < 1.29 is 13.2 Å². The van der Waals surface area contributed by atoms with Gasteiger partial charge in [0.25, 0.3) is 0 Å². The first-order chi connectivity index (χ1) is 9.03. The van der Waals surface area contributed by atoms with Crippen LogP contribution in [0.2, 0.25) is 0 Å². The molecule has 100 valence electrons. The Balaban J connectivity index is 2.38. The fourth-order valence-corrected chi connectivity index (χ4v) is 3.56. The van der Waals surface area contributed by atoms with Crippen molar-refractivity contribution in [2.75, 3.05) is 7.11 Å². The fourth-order valence-electron chi connectivity index (χ4n) is 1.78. The molecule has 19 heavy (non-hydrogen) atoms. The summed E-state index contributed by atoms with van der Waals surface area (Å²) in [4.78, 5) is 0.317. The Kier molecular flexibility index (Phi) is 4.27. The van der Waals surface area contributed by atoms with Gasteiger partial charge in [0.1, 0.15) is 5.75 Å². The van der Waals surface area contributed by atoms with E-state index in [2.05, 4.69) is 15.9 Å². The molecular weight excluding hydrogens is 328 g/mol. The van der Waals surface area contributed by atoms with Crippen molar-refractivity contribution in [1.29, 1.82) is 0 Å². The number of hydrogen-bond acceptors (Lipinski definition) is 3. The van der Waals surface area contributed by atoms with E-state index in [1.807, 2.05) is 6.07 Å². The highest BCUT2D eigenvalue weighted by Gasteiger charge is 2.17. The molecule has 0 bridgehead atoms. The Morgan fingerprint density at radius 2 is 1.79 bits per heavy atom. The number of ether oxygens (including phenoxy) is 1. The molecule has 2 aromatic carbocycles. The Morgan fingerprint density at radius 3 is 2.42 bits per heavy atom. The van der Waals surface area contributed by atoms with Gasteiger partial charge in [-0.05, 0) is 30.3 Å². The summed E-state index contributed by atoms with van der Waals surface area (Å²) in [6.45, 7) is 0. The van der Waals surface area contributed by atoms with Gasteiger partial charge in [0, 0.05) is 10.0 Å². The van der Waals surface area contributed by atoms with Crippen molar-refractivity contribution in [2.45, 2.75) is 10.6 Å². The van der Waals surface area contributed by atoms with Crippen LogP contribution in [0.3, 0.4) is 0 Å². The topological polar surface area (TPSA) is 43.4 Å². The zero-order chi connectivity index (χ0) is 13.9. The summed E-state index contributed by atoms with van der Waals surface area (Å²) in [5, 5.41) is 0. The van der Waals surface area contributed by atoms with E-state index < -0.39 is 9.84 Å². The molecule has 0 atom stereocenters. The molecule has 5 heteroatoms. The van der Waals surface area contributed by atoms with Gasteiger partial charge in [-0.25, -0.2) is 8.42 Å². The van der Waals surface area contributed by atoms with E-state index in [9.17, 15) is 8.42 Å². The van der Waals surface area contributed by atoms with Crippen LogP contribution in [-0.2, 0) is 15.6 Å². The van der Waals surface area contributed by atoms with Crippen molar-refractivity contribution in [3.8, 4) is 5.75 Å². The summed E-state index contributed by atoms with van der Waals surface area (Å²) in [7, 11) is -1.83. The third-order valence-corrected chi connectivity index (χ3v) is 4.86. The molecule has 0 unspecified atom stereocenters. The van der Waals surface area contributed by atoms with Crippen LogP contribution in [0.5, 0.6) is 5.75 Å². The number of hydrogen-bond donors (Lipinski definition) is 0. The Morgan fingerprint density at radius 1 is 1.11 bits per heavy atom. The summed E-state index contributed by atoms with van der Waals surface area (Å²) in [6, 6.07) is 13.7. The molecule has 2 rings (SSSR count). The molecule has 0 saturated heterocycles. The molecule has 2 aromatic rings. The summed E-state index contributed by atoms with van der Waals surface area (Å²) in [6.07, 6.45) is 0. The van der Waals surface area contributed by atoms with Crippen molar-refractivity contribution in [3.63, 3.8) is 0 Å². The van der Waals surface area contributed by atoms with E-state index in [1.165, 1.54) is 7.11 Å². The highest BCUT2D eigenvalue weighted by molar-refractivity contribution is 9.10. The van der Waals surface area contributed by atoms with Gasteiger partial charge in [-0.3, -0.25) is 0 Å². The van der Waals surface area contributed by atoms with Crippen molar-refractivity contribution in [3.05, 3.63) is 58.6 Å². The maximum atomic E-state index is 12.3. The van der Waals surface area contributed by atoms with E-state index in [-0.39, 0.29) is 5.75 Å². The average Bonchev–Trinajstić information content (AvgIpc) is 2.39. The molecule has 0 spiro atoms. The van der Waals surface area contributed by atoms with Gasteiger partial charge in [-0.2, -0.15) is 0 Å². The van der Waals surface area contributed by atoms with E-state index in [1.54, 1.807) is 42.5 Å². The Bertz CT molecular complexity index is 666. The average molecular weight is 341 g/mol. The Labute approximate surface area is 121 Å². The molecule has 0 amide bonds. The number of methoxy groups -OCH3 is 1. The van der Waals surface area contributed by atoms with Crippen LogP contribution in [0.4, 0.5) is 0 Å². The molecule has 0 aliphatic rings. The Hall–Kier alpha value is -1.33. The van der Waals surface area contributed by atoms with Crippen LogP contribution in [0.25, 0.3) is 0 Å². The summed E-state index contributed by atoms with van der Waals surface area (Å²) < 4.78 is 30.6. The van der Waals surface area contributed by atoms with Gasteiger partial charge < -0.3 is 4.74 Å². The fraction of sp³-hybridized carbons (Fsp3) is 0.143. The molecule has 0 aliphatic heterocycles. The number of sulfone groups is 1. The summed E-state index contributed by atoms with van der Waals surface area (Å²) in [5.41, 5.74) is 0.640. The number of rotatable bonds is 4. The van der Waals surface area contributed by atoms with Crippen molar-refractivity contribution in [2.24, 2.45) is 0 Å². The predicted octanol–water partition coefficient (Wildman–Crippen LogP) is 3.43. The smallest absolute Gasteiger partial charge is 0.182 e. The third-order valence-electron chi connectivity index (χ3n) is 2.69. The second-order valence-electron chi connectivity index (χ2n) is 4.03. The van der Waals surface area contributed by atoms with E-state index in [4.69, 9.17) is 4.74 Å². The molecule has 0 aromatic heterocycles. The summed E-state index contributed by atoms with van der Waals surface area (Å²) >= 11 is 3.34. The molecule has 0 saturated carbocycles. The maximum absolute atomic E-state index is 12.3. The number of benzene rings is 2. The van der Waals surface area contributed by atoms with Crippen LogP contribution in [0.1, 0.15) is 5.56 Å². The van der Waals surface area contributed by atoms with E-state index in [0.29, 0.717) is 16.2 Å². The van der Waals surface area contributed by atoms with Gasteiger partial charge in [0.2, 0.25) is 0 Å². The second-order valence-corrected chi connectivity index (χ2v) is 6.93. The second kappa shape index (κ2) is 5.75. The quantitative estimate of drug-likeness (QED) is 0.856. The normalized spacial score (nSPS) is 11.3. The summed E-state index contributed by atoms with van der Waals surface area (Å²) in [5.74, 6) is 0.488. The minimum absolute atomic E-state index is 0.0837. The zero-order valence-corrected chi connectivity index (χ0v) is 12.7. The minimum atomic E-state index is -3.36. The highest BCUT2D eigenvalue weighted by Crippen LogP contribution is 2.26. The third kappa shape index (κ3) is 3.36. The van der Waals surface area contributed by atoms with E-state index >= 15 is 0 Å². The molecule has 0 N–H and O–H groups in total. The highest BCUT2D eigenvalue weighted by atomic mass is 79.9. The van der Waals surface area contributed by atoms with Gasteiger partial charge in [-0.1, -0.05) is 34.1 Å². The maximum Gasteiger partial charge on any atom is 0.182 e. The SMILES string of the molecule is COc1ccc(Br)cc1CS(=O)(=O)c1ccccc1. The van der Waals surface area contributed by atoms with Gasteiger partial charge in [-0.15, -0.1) is 0 Å². The first kappa shape index (κ1) is 14.1. The first-order valence-electron chi connectivity index (χ1n) is 5.63. The van der Waals surface area contributed by atoms with Crippen LogP contribution in [0.15, 0.2) is 57.9 Å². The lowest BCUT2D eigenvalue weighted by Crippen LogP contribution is -2.06. The lowest BCUT2D eigenvalue weighted by Gasteiger charge is -2.09. The minimum Gasteiger partial charge on any atom is -0.496 e. The molecule has 0 heterocycles. The van der Waals surface area contributed by atoms with Crippen molar-refractivity contribution in [1.82, 2.24) is 0 Å². The van der Waals surface area contributed by atoms with Crippen LogP contribution in [-0.4, -0.2) is 15.5 Å². The number of halogens is 1. The predicted molar refractivity (Wildman–Crippen MR) is 78.0 cm³/mol. The van der Waals surface area contributed by atoms with Crippen LogP contribution in [0, 0.1) is 0 Å². The van der Waals surface area contributed by atoms with Crippen molar-refractivity contribution >= 4 is 25.8 Å². The largest absolute Gasteiger partial charge is 0.496 e. The van der Waals surface area contributed by atoms with Crippen LogP contribution < -0.4 is 4.74 Å². The van der Waals surface area contributed by atoms with Crippen LogP contribution >= 0.6 is 15.9 Å². The lowest BCUT2D eigenvalue weighted by atomic mass is 10.2. The van der Waals surface area contributed by atoms with Gasteiger partial charge in [0.05, 0.1) is 17.8 Å². The molecular formula is C14H13BrO3S. The zero-order valence-electron chi connectivity index (χ0n) is 10.3. The van der Waals surface area contributed by atoms with Gasteiger partial charge >= 0.3 is 0 Å². The van der Waals surface area contributed by atoms with E-state index in [0.717, 1.165) is 4.47 Å². The molecule has 3 nitrogen and oxygen atoms in total. The standard InChI is InChI=1S/C14H13BrO3S/c1-18-14-8-7-12(15)9-11(14)10-19(16,17)13-5-3-2-4-6-13/h2-9H,10H2,1H3. The molecule has 0 fully saturated rings. The first-order valence-corrected chi connectivity index (χ1v) is 8.08. The van der Waals surface area contributed by atoms with Gasteiger partial charge in [0.15, 0.2) is 9.84 Å².